The van der Waals surface area contributed by atoms with E-state index < -0.39 is 24.0 Å². The molecule has 2 aromatic carbocycles. The van der Waals surface area contributed by atoms with E-state index in [0.717, 1.165) is 16.0 Å². The second-order valence-corrected chi connectivity index (χ2v) is 9.40. The molecule has 34 heavy (non-hydrogen) atoms. The van der Waals surface area contributed by atoms with E-state index in [1.54, 1.807) is 30.6 Å². The predicted octanol–water partition coefficient (Wildman–Crippen LogP) is 6.38. The van der Waals surface area contributed by atoms with Crippen molar-refractivity contribution in [1.29, 1.82) is 0 Å². The standard InChI is InChI=1S/C26H20Cl2N2O3S/c27-19-8-9-20(21(28)16-19)25(31)30(22(26(32)33)15-17-5-2-1-3-6-17)24(23-7-4-14-34-23)18-10-12-29-13-11-18/h1-14,16,22,24H,15H2,(H,32,33). The van der Waals surface area contributed by atoms with Crippen LogP contribution in [0.3, 0.4) is 0 Å². The van der Waals surface area contributed by atoms with Gasteiger partial charge in [0.2, 0.25) is 0 Å². The van der Waals surface area contributed by atoms with Gasteiger partial charge in [-0.05, 0) is 52.9 Å². The Morgan fingerprint density at radius 1 is 0.971 bits per heavy atom. The molecule has 2 heterocycles. The van der Waals surface area contributed by atoms with E-state index in [9.17, 15) is 14.7 Å². The first-order valence-electron chi connectivity index (χ1n) is 10.4. The van der Waals surface area contributed by atoms with Crippen LogP contribution in [0.2, 0.25) is 10.0 Å². The largest absolute Gasteiger partial charge is 0.480 e. The Morgan fingerprint density at radius 3 is 2.32 bits per heavy atom. The summed E-state index contributed by atoms with van der Waals surface area (Å²) >= 11 is 13.9. The fourth-order valence-corrected chi connectivity index (χ4v) is 5.18. The maximum atomic E-state index is 14.0. The molecule has 5 nitrogen and oxygen atoms in total. The van der Waals surface area contributed by atoms with Crippen molar-refractivity contribution in [1.82, 2.24) is 9.88 Å². The molecule has 1 N–H and O–H groups in total. The molecule has 4 aromatic rings. The SMILES string of the molecule is O=C(O)C(Cc1ccccc1)N(C(=O)c1ccc(Cl)cc1Cl)C(c1ccncc1)c1cccs1. The van der Waals surface area contributed by atoms with Crippen molar-refractivity contribution in [2.45, 2.75) is 18.5 Å². The van der Waals surface area contributed by atoms with Gasteiger partial charge in [0.05, 0.1) is 16.6 Å². The number of aliphatic carboxylic acids is 1. The average Bonchev–Trinajstić information content (AvgIpc) is 3.36. The fraction of sp³-hybridized carbons (Fsp3) is 0.115. The number of carboxylic acid groups (broad SMARTS) is 1. The zero-order valence-electron chi connectivity index (χ0n) is 17.8. The third kappa shape index (κ3) is 5.30. The maximum Gasteiger partial charge on any atom is 0.326 e. The first-order chi connectivity index (χ1) is 16.5. The maximum absolute atomic E-state index is 14.0. The van der Waals surface area contributed by atoms with Crippen LogP contribution in [0.1, 0.15) is 32.4 Å². The van der Waals surface area contributed by atoms with Crippen molar-refractivity contribution < 1.29 is 14.7 Å². The summed E-state index contributed by atoms with van der Waals surface area (Å²) in [5, 5.41) is 12.8. The van der Waals surface area contributed by atoms with Crippen molar-refractivity contribution in [2.75, 3.05) is 0 Å². The predicted molar refractivity (Wildman–Crippen MR) is 135 cm³/mol. The van der Waals surface area contributed by atoms with Crippen LogP contribution < -0.4 is 0 Å². The van der Waals surface area contributed by atoms with Crippen molar-refractivity contribution in [3.63, 3.8) is 0 Å². The van der Waals surface area contributed by atoms with Gasteiger partial charge in [0.25, 0.3) is 5.91 Å². The number of hydrogen-bond acceptors (Lipinski definition) is 4. The van der Waals surface area contributed by atoms with Gasteiger partial charge in [0.15, 0.2) is 0 Å². The molecule has 0 aliphatic carbocycles. The Labute approximate surface area is 211 Å². The molecule has 0 saturated heterocycles. The zero-order chi connectivity index (χ0) is 24.1. The van der Waals surface area contributed by atoms with Gasteiger partial charge in [-0.3, -0.25) is 9.78 Å². The molecule has 172 valence electrons. The summed E-state index contributed by atoms with van der Waals surface area (Å²) in [6, 6.07) is 19.3. The Bertz CT molecular complexity index is 1270. The molecule has 0 saturated carbocycles. The summed E-state index contributed by atoms with van der Waals surface area (Å²) in [5.74, 6) is -1.61. The Morgan fingerprint density at radius 2 is 1.71 bits per heavy atom. The summed E-state index contributed by atoms with van der Waals surface area (Å²) in [7, 11) is 0. The van der Waals surface area contributed by atoms with Gasteiger partial charge in [-0.1, -0.05) is 59.6 Å². The van der Waals surface area contributed by atoms with Crippen LogP contribution in [-0.2, 0) is 11.2 Å². The van der Waals surface area contributed by atoms with Crippen LogP contribution in [0, 0.1) is 0 Å². The highest BCUT2D eigenvalue weighted by molar-refractivity contribution is 7.10. The smallest absolute Gasteiger partial charge is 0.326 e. The second kappa shape index (κ2) is 10.8. The molecule has 0 fully saturated rings. The lowest BCUT2D eigenvalue weighted by Crippen LogP contribution is -2.48. The number of carbonyl (C=O) groups is 2. The van der Waals surface area contributed by atoms with Crippen LogP contribution in [0.5, 0.6) is 0 Å². The summed E-state index contributed by atoms with van der Waals surface area (Å²) in [6.45, 7) is 0. The zero-order valence-corrected chi connectivity index (χ0v) is 20.2. The molecule has 2 atom stereocenters. The first-order valence-corrected chi connectivity index (χ1v) is 12.1. The highest BCUT2D eigenvalue weighted by Crippen LogP contribution is 2.36. The van der Waals surface area contributed by atoms with Crippen LogP contribution >= 0.6 is 34.5 Å². The molecule has 0 aliphatic rings. The molecular formula is C26H20Cl2N2O3S. The molecule has 1 amide bonds. The summed E-state index contributed by atoms with van der Waals surface area (Å²) < 4.78 is 0. The summed E-state index contributed by atoms with van der Waals surface area (Å²) in [4.78, 5) is 33.0. The molecular weight excluding hydrogens is 491 g/mol. The number of benzene rings is 2. The number of carbonyl (C=O) groups excluding carboxylic acids is 1. The minimum absolute atomic E-state index is 0.125. The van der Waals surface area contributed by atoms with Gasteiger partial charge in [-0.25, -0.2) is 4.79 Å². The molecule has 0 spiro atoms. The molecule has 0 radical (unpaired) electrons. The van der Waals surface area contributed by atoms with Gasteiger partial charge in [-0.2, -0.15) is 0 Å². The van der Waals surface area contributed by atoms with Crippen LogP contribution in [-0.4, -0.2) is 32.9 Å². The number of rotatable bonds is 8. The number of pyridine rings is 1. The van der Waals surface area contributed by atoms with Crippen LogP contribution in [0.4, 0.5) is 0 Å². The molecule has 4 rings (SSSR count). The number of hydrogen-bond donors (Lipinski definition) is 1. The Kier molecular flexibility index (Phi) is 7.63. The summed E-state index contributed by atoms with van der Waals surface area (Å²) in [6.07, 6.45) is 3.38. The van der Waals surface area contributed by atoms with Crippen molar-refractivity contribution >= 4 is 46.4 Å². The van der Waals surface area contributed by atoms with E-state index in [2.05, 4.69) is 4.98 Å². The third-order valence-corrected chi connectivity index (χ3v) is 6.87. The van der Waals surface area contributed by atoms with E-state index in [0.29, 0.717) is 5.02 Å². The highest BCUT2D eigenvalue weighted by Gasteiger charge is 2.38. The lowest BCUT2D eigenvalue weighted by molar-refractivity contribution is -0.142. The average molecular weight is 511 g/mol. The monoisotopic (exact) mass is 510 g/mol. The van der Waals surface area contributed by atoms with Gasteiger partial charge in [0.1, 0.15) is 6.04 Å². The quantitative estimate of drug-likeness (QED) is 0.298. The third-order valence-electron chi connectivity index (χ3n) is 5.40. The van der Waals surface area contributed by atoms with Gasteiger partial charge < -0.3 is 10.0 Å². The normalized spacial score (nSPS) is 12.6. The van der Waals surface area contributed by atoms with E-state index in [4.69, 9.17) is 23.2 Å². The van der Waals surface area contributed by atoms with E-state index in [-0.39, 0.29) is 17.0 Å². The van der Waals surface area contributed by atoms with Crippen LogP contribution in [0.15, 0.2) is 90.6 Å². The molecule has 2 aromatic heterocycles. The number of halogens is 2. The Balaban J connectivity index is 1.90. The fourth-order valence-electron chi connectivity index (χ4n) is 3.84. The van der Waals surface area contributed by atoms with Crippen molar-refractivity contribution in [3.05, 3.63) is 122 Å². The van der Waals surface area contributed by atoms with Crippen molar-refractivity contribution in [3.8, 4) is 0 Å². The van der Waals surface area contributed by atoms with Gasteiger partial charge >= 0.3 is 5.97 Å². The molecule has 2 unspecified atom stereocenters. The van der Waals surface area contributed by atoms with E-state index >= 15 is 0 Å². The minimum atomic E-state index is -1.16. The van der Waals surface area contributed by atoms with Crippen molar-refractivity contribution in [2.24, 2.45) is 0 Å². The Hall–Kier alpha value is -3.19. The lowest BCUT2D eigenvalue weighted by atomic mass is 9.97. The molecule has 8 heteroatoms. The van der Waals surface area contributed by atoms with Gasteiger partial charge in [-0.15, -0.1) is 11.3 Å². The topological polar surface area (TPSA) is 70.5 Å². The lowest BCUT2D eigenvalue weighted by Gasteiger charge is -2.36. The number of thiophene rings is 1. The van der Waals surface area contributed by atoms with Gasteiger partial charge in [0, 0.05) is 28.7 Å². The molecule has 0 bridgehead atoms. The minimum Gasteiger partial charge on any atom is -0.480 e. The number of amides is 1. The second-order valence-electron chi connectivity index (χ2n) is 7.58. The van der Waals surface area contributed by atoms with E-state index in [1.165, 1.54) is 28.4 Å². The number of nitrogens with zero attached hydrogens (tertiary/aromatic N) is 2. The number of carboxylic acids is 1. The summed E-state index contributed by atoms with van der Waals surface area (Å²) in [5.41, 5.74) is 1.73. The number of aromatic nitrogens is 1. The highest BCUT2D eigenvalue weighted by atomic mass is 35.5. The van der Waals surface area contributed by atoms with E-state index in [1.807, 2.05) is 47.8 Å². The molecule has 0 aliphatic heterocycles. The van der Waals surface area contributed by atoms with Crippen LogP contribution in [0.25, 0.3) is 0 Å². The first kappa shape index (κ1) is 24.0.